The van der Waals surface area contributed by atoms with E-state index in [1.807, 2.05) is 24.3 Å². The highest BCUT2D eigenvalue weighted by Gasteiger charge is 2.48. The van der Waals surface area contributed by atoms with E-state index in [9.17, 15) is 14.7 Å². The number of para-hydroxylation sites is 1. The smallest absolute Gasteiger partial charge is 0.300 e. The first-order valence-corrected chi connectivity index (χ1v) is 10.1. The van der Waals surface area contributed by atoms with Gasteiger partial charge in [0.15, 0.2) is 0 Å². The van der Waals surface area contributed by atoms with Gasteiger partial charge in [0.25, 0.3) is 11.7 Å². The number of nitrogens with zero attached hydrogens (tertiary/aromatic N) is 1. The Labute approximate surface area is 183 Å². The van der Waals surface area contributed by atoms with Crippen molar-refractivity contribution in [1.82, 2.24) is 4.98 Å². The first-order valence-electron chi connectivity index (χ1n) is 10.1. The van der Waals surface area contributed by atoms with Crippen LogP contribution in [0.5, 0.6) is 5.75 Å². The summed E-state index contributed by atoms with van der Waals surface area (Å²) in [4.78, 5) is 30.8. The summed E-state index contributed by atoms with van der Waals surface area (Å²) in [6.07, 6.45) is 1.63. The number of hydrogen-bond acceptors (Lipinski definition) is 5. The molecule has 0 aliphatic carbocycles. The van der Waals surface area contributed by atoms with Crippen LogP contribution in [-0.4, -0.2) is 28.9 Å². The fourth-order valence-electron chi connectivity index (χ4n) is 4.14. The number of methoxy groups -OCH3 is 1. The van der Waals surface area contributed by atoms with Gasteiger partial charge in [-0.05, 0) is 37.3 Å². The second-order valence-electron chi connectivity index (χ2n) is 7.57. The number of furan rings is 1. The number of anilines is 1. The molecule has 1 aliphatic heterocycles. The number of ketones is 1. The Morgan fingerprint density at radius 1 is 1.09 bits per heavy atom. The number of aromatic nitrogens is 1. The number of Topliss-reactive ketones (excluding diaryl/α,β-unsaturated/α-hetero) is 1. The molecule has 1 saturated heterocycles. The summed E-state index contributed by atoms with van der Waals surface area (Å²) < 4.78 is 11.1. The van der Waals surface area contributed by atoms with E-state index in [1.54, 1.807) is 49.5 Å². The number of aliphatic hydroxyl groups is 1. The fourth-order valence-corrected chi connectivity index (χ4v) is 4.14. The molecule has 0 radical (unpaired) electrons. The molecule has 1 fully saturated rings. The minimum Gasteiger partial charge on any atom is -0.507 e. The number of hydrogen-bond donors (Lipinski definition) is 2. The second-order valence-corrected chi connectivity index (χ2v) is 7.57. The highest BCUT2D eigenvalue weighted by Crippen LogP contribution is 2.43. The third-order valence-electron chi connectivity index (χ3n) is 5.65. The van der Waals surface area contributed by atoms with Crippen molar-refractivity contribution >= 4 is 34.0 Å². The number of aliphatic hydroxyl groups excluding tert-OH is 1. The van der Waals surface area contributed by atoms with Crippen LogP contribution in [0.4, 0.5) is 5.69 Å². The summed E-state index contributed by atoms with van der Waals surface area (Å²) in [7, 11) is 1.53. The minimum absolute atomic E-state index is 0.0306. The minimum atomic E-state index is -0.926. The van der Waals surface area contributed by atoms with E-state index in [-0.39, 0.29) is 11.3 Å². The zero-order valence-corrected chi connectivity index (χ0v) is 17.5. The Morgan fingerprint density at radius 2 is 1.91 bits per heavy atom. The highest BCUT2D eigenvalue weighted by atomic mass is 16.5. The maximum Gasteiger partial charge on any atom is 0.300 e. The molecule has 4 aromatic rings. The molecule has 1 atom stereocenters. The van der Waals surface area contributed by atoms with E-state index in [2.05, 4.69) is 4.98 Å². The maximum atomic E-state index is 13.2. The summed E-state index contributed by atoms with van der Waals surface area (Å²) in [6, 6.07) is 16.8. The number of aromatic amines is 1. The van der Waals surface area contributed by atoms with Crippen LogP contribution in [-0.2, 0) is 9.59 Å². The number of rotatable bonds is 4. The number of benzene rings is 2. The Balaban J connectivity index is 1.75. The van der Waals surface area contributed by atoms with Gasteiger partial charge in [-0.1, -0.05) is 24.3 Å². The van der Waals surface area contributed by atoms with E-state index >= 15 is 0 Å². The van der Waals surface area contributed by atoms with Crippen LogP contribution in [0, 0.1) is 6.92 Å². The van der Waals surface area contributed by atoms with E-state index in [0.717, 1.165) is 10.9 Å². The van der Waals surface area contributed by atoms with Crippen molar-refractivity contribution in [3.63, 3.8) is 0 Å². The number of carbonyl (C=O) groups excluding carboxylic acids is 2. The monoisotopic (exact) mass is 428 g/mol. The Morgan fingerprint density at radius 3 is 2.66 bits per heavy atom. The number of nitrogens with one attached hydrogen (secondary N) is 1. The summed E-state index contributed by atoms with van der Waals surface area (Å²) in [5.41, 5.74) is 1.68. The van der Waals surface area contributed by atoms with E-state index in [0.29, 0.717) is 28.5 Å². The van der Waals surface area contributed by atoms with Gasteiger partial charge in [0.2, 0.25) is 0 Å². The molecule has 2 N–H and O–H groups in total. The van der Waals surface area contributed by atoms with Crippen molar-refractivity contribution in [3.8, 4) is 5.75 Å². The van der Waals surface area contributed by atoms with Gasteiger partial charge in [-0.15, -0.1) is 0 Å². The first-order chi connectivity index (χ1) is 15.5. The normalized spacial score (nSPS) is 17.9. The Bertz CT molecular complexity index is 1390. The predicted octanol–water partition coefficient (Wildman–Crippen LogP) is 4.70. The number of H-pyrrole nitrogens is 1. The number of aryl methyl sites for hydroxylation is 1. The van der Waals surface area contributed by atoms with Crippen LogP contribution < -0.4 is 9.64 Å². The molecular weight excluding hydrogens is 408 g/mol. The number of fused-ring (bicyclic) bond motifs is 1. The fraction of sp³-hybridized carbons (Fsp3) is 0.120. The van der Waals surface area contributed by atoms with Crippen LogP contribution in [0.15, 0.2) is 76.9 Å². The van der Waals surface area contributed by atoms with Gasteiger partial charge in [0.05, 0.1) is 12.7 Å². The van der Waals surface area contributed by atoms with Crippen molar-refractivity contribution < 1.29 is 23.8 Å². The lowest BCUT2D eigenvalue weighted by Crippen LogP contribution is -2.29. The highest BCUT2D eigenvalue weighted by molar-refractivity contribution is 6.51. The van der Waals surface area contributed by atoms with Crippen LogP contribution in [0.25, 0.3) is 16.7 Å². The number of carbonyl (C=O) groups is 2. The number of amides is 1. The van der Waals surface area contributed by atoms with Gasteiger partial charge < -0.3 is 19.2 Å². The standard InChI is InChI=1S/C25H20N2O5/c1-14-10-11-20(32-14)22-21(23(28)18-13-26-19-9-4-3-8-17(18)19)24(29)25(30)27(22)15-6-5-7-16(12-15)31-2/h3-13,22,26,28H,1-2H3/b23-21-. The van der Waals surface area contributed by atoms with Crippen LogP contribution >= 0.6 is 0 Å². The molecule has 2 aromatic heterocycles. The molecule has 7 heteroatoms. The van der Waals surface area contributed by atoms with Gasteiger partial charge in [-0.2, -0.15) is 0 Å². The van der Waals surface area contributed by atoms with Crippen molar-refractivity contribution in [2.45, 2.75) is 13.0 Å². The van der Waals surface area contributed by atoms with Gasteiger partial charge in [-0.25, -0.2) is 0 Å². The van der Waals surface area contributed by atoms with Gasteiger partial charge >= 0.3 is 0 Å². The van der Waals surface area contributed by atoms with Gasteiger partial charge in [-0.3, -0.25) is 14.5 Å². The molecule has 1 amide bonds. The molecule has 3 heterocycles. The van der Waals surface area contributed by atoms with Crippen LogP contribution in [0.2, 0.25) is 0 Å². The molecule has 5 rings (SSSR count). The van der Waals surface area contributed by atoms with Crippen molar-refractivity contribution in [3.05, 3.63) is 89.5 Å². The second kappa shape index (κ2) is 7.46. The average Bonchev–Trinajstić information content (AvgIpc) is 3.50. The predicted molar refractivity (Wildman–Crippen MR) is 120 cm³/mol. The topological polar surface area (TPSA) is 95.8 Å². The van der Waals surface area contributed by atoms with Crippen LogP contribution in [0.1, 0.15) is 23.1 Å². The lowest BCUT2D eigenvalue weighted by molar-refractivity contribution is -0.132. The molecular formula is C25H20N2O5. The van der Waals surface area contributed by atoms with Crippen LogP contribution in [0.3, 0.4) is 0 Å². The van der Waals surface area contributed by atoms with Crippen molar-refractivity contribution in [1.29, 1.82) is 0 Å². The van der Waals surface area contributed by atoms with Crippen molar-refractivity contribution in [2.75, 3.05) is 12.0 Å². The summed E-state index contributed by atoms with van der Waals surface area (Å²) >= 11 is 0. The van der Waals surface area contributed by atoms with Gasteiger partial charge in [0, 0.05) is 34.4 Å². The summed E-state index contributed by atoms with van der Waals surface area (Å²) in [6.45, 7) is 1.78. The van der Waals surface area contributed by atoms with Gasteiger partial charge in [0.1, 0.15) is 29.1 Å². The molecule has 7 nitrogen and oxygen atoms in total. The lowest BCUT2D eigenvalue weighted by Gasteiger charge is -2.23. The third-order valence-corrected chi connectivity index (χ3v) is 5.65. The zero-order chi connectivity index (χ0) is 22.4. The molecule has 0 spiro atoms. The molecule has 2 aromatic carbocycles. The third kappa shape index (κ3) is 2.98. The average molecular weight is 428 g/mol. The quantitative estimate of drug-likeness (QED) is 0.279. The Hall–Kier alpha value is -4.26. The SMILES string of the molecule is COc1cccc(N2C(=O)C(=O)/C(=C(\O)c3c[nH]c4ccccc34)C2c2ccc(C)o2)c1. The first kappa shape index (κ1) is 19.7. The molecule has 1 aliphatic rings. The molecule has 1 unspecified atom stereocenters. The molecule has 0 saturated carbocycles. The van der Waals surface area contributed by atoms with E-state index in [4.69, 9.17) is 9.15 Å². The van der Waals surface area contributed by atoms with E-state index < -0.39 is 17.7 Å². The number of ether oxygens (including phenoxy) is 1. The lowest BCUT2D eigenvalue weighted by atomic mass is 9.99. The van der Waals surface area contributed by atoms with Crippen molar-refractivity contribution in [2.24, 2.45) is 0 Å². The molecule has 32 heavy (non-hydrogen) atoms. The zero-order valence-electron chi connectivity index (χ0n) is 17.5. The van der Waals surface area contributed by atoms with E-state index in [1.165, 1.54) is 12.0 Å². The largest absolute Gasteiger partial charge is 0.507 e. The maximum absolute atomic E-state index is 13.2. The Kier molecular flexibility index (Phi) is 4.59. The molecule has 160 valence electrons. The summed E-state index contributed by atoms with van der Waals surface area (Å²) in [5, 5.41) is 12.0. The molecule has 0 bridgehead atoms. The summed E-state index contributed by atoms with van der Waals surface area (Å²) in [5.74, 6) is -0.247.